The molecule has 7 heteroatoms. The highest BCUT2D eigenvalue weighted by Gasteiger charge is 2.22. The number of para-hydroxylation sites is 1. The van der Waals surface area contributed by atoms with Gasteiger partial charge in [0.1, 0.15) is 0 Å². The van der Waals surface area contributed by atoms with E-state index in [1.807, 2.05) is 18.2 Å². The van der Waals surface area contributed by atoms with E-state index < -0.39 is 4.92 Å². The van der Waals surface area contributed by atoms with Gasteiger partial charge in [-0.1, -0.05) is 12.1 Å². The number of rotatable bonds is 5. The highest BCUT2D eigenvalue weighted by atomic mass is 79.9. The van der Waals surface area contributed by atoms with Gasteiger partial charge in [0.05, 0.1) is 29.2 Å². The monoisotopic (exact) mass is 457 g/mol. The molecule has 0 amide bonds. The van der Waals surface area contributed by atoms with Crippen LogP contribution in [0.2, 0.25) is 0 Å². The molecular weight excluding hydrogens is 438 g/mol. The standard InChI is InChI=1S/C22H20BrNO5/c1-28-20-12-14(11-18(23)22(20)29-2)10-16-7-5-8-17(21(16)25)13-15-6-3-4-9-19(15)24(26)27/h3-4,6,9-13H,5,7-8H2,1-2H3/b16-10+,17-13+. The van der Waals surface area contributed by atoms with E-state index >= 15 is 0 Å². The van der Waals surface area contributed by atoms with Gasteiger partial charge in [-0.2, -0.15) is 0 Å². The number of ether oxygens (including phenoxy) is 2. The average Bonchev–Trinajstić information content (AvgIpc) is 2.70. The maximum absolute atomic E-state index is 13.0. The molecule has 0 bridgehead atoms. The van der Waals surface area contributed by atoms with Gasteiger partial charge in [0.2, 0.25) is 0 Å². The summed E-state index contributed by atoms with van der Waals surface area (Å²) in [5.41, 5.74) is 2.49. The predicted molar refractivity (Wildman–Crippen MR) is 115 cm³/mol. The maximum atomic E-state index is 13.0. The third kappa shape index (κ3) is 4.56. The third-order valence-corrected chi connectivity index (χ3v) is 5.32. The Morgan fingerprint density at radius 3 is 2.41 bits per heavy atom. The first-order chi connectivity index (χ1) is 13.9. The zero-order valence-corrected chi connectivity index (χ0v) is 17.7. The van der Waals surface area contributed by atoms with Crippen molar-refractivity contribution >= 4 is 39.6 Å². The van der Waals surface area contributed by atoms with Crippen LogP contribution in [0.3, 0.4) is 0 Å². The van der Waals surface area contributed by atoms with Gasteiger partial charge in [0.15, 0.2) is 17.3 Å². The Morgan fingerprint density at radius 2 is 1.76 bits per heavy atom. The van der Waals surface area contributed by atoms with Gasteiger partial charge in [0, 0.05) is 17.2 Å². The number of benzene rings is 2. The summed E-state index contributed by atoms with van der Waals surface area (Å²) in [6.07, 6.45) is 5.52. The third-order valence-electron chi connectivity index (χ3n) is 4.74. The molecule has 6 nitrogen and oxygen atoms in total. The van der Waals surface area contributed by atoms with Gasteiger partial charge < -0.3 is 9.47 Å². The molecule has 0 saturated heterocycles. The number of carbonyl (C=O) groups is 1. The fourth-order valence-electron chi connectivity index (χ4n) is 3.36. The van der Waals surface area contributed by atoms with Crippen molar-refractivity contribution in [1.82, 2.24) is 0 Å². The Labute approximate surface area is 177 Å². The fourth-order valence-corrected chi connectivity index (χ4v) is 3.99. The lowest BCUT2D eigenvalue weighted by atomic mass is 9.86. The lowest BCUT2D eigenvalue weighted by Gasteiger charge is -2.17. The second kappa shape index (κ2) is 9.05. The van der Waals surface area contributed by atoms with Crippen molar-refractivity contribution in [2.24, 2.45) is 0 Å². The van der Waals surface area contributed by atoms with E-state index in [9.17, 15) is 14.9 Å². The summed E-state index contributed by atoms with van der Waals surface area (Å²) in [4.78, 5) is 23.8. The molecule has 0 unspecified atom stereocenters. The van der Waals surface area contributed by atoms with E-state index in [1.165, 1.54) is 6.07 Å². The molecule has 2 aromatic rings. The number of allylic oxidation sites excluding steroid dienone is 2. The van der Waals surface area contributed by atoms with Crippen LogP contribution in [0.1, 0.15) is 30.4 Å². The summed E-state index contributed by atoms with van der Waals surface area (Å²) in [5.74, 6) is 1.06. The largest absolute Gasteiger partial charge is 0.493 e. The number of hydrogen-bond donors (Lipinski definition) is 0. The first-order valence-electron chi connectivity index (χ1n) is 9.05. The number of carbonyl (C=O) groups excluding carboxylic acids is 1. The molecule has 150 valence electrons. The molecule has 0 aliphatic heterocycles. The van der Waals surface area contributed by atoms with Crippen LogP contribution >= 0.6 is 15.9 Å². The van der Waals surface area contributed by atoms with Crippen molar-refractivity contribution in [3.63, 3.8) is 0 Å². The van der Waals surface area contributed by atoms with E-state index in [0.717, 1.165) is 16.5 Å². The van der Waals surface area contributed by atoms with Crippen LogP contribution in [0.25, 0.3) is 12.2 Å². The van der Waals surface area contributed by atoms with E-state index in [2.05, 4.69) is 15.9 Å². The molecule has 0 atom stereocenters. The first kappa shape index (κ1) is 20.8. The van der Waals surface area contributed by atoms with Crippen LogP contribution in [0.15, 0.2) is 52.0 Å². The zero-order chi connectivity index (χ0) is 21.0. The van der Waals surface area contributed by atoms with Crippen LogP contribution < -0.4 is 9.47 Å². The molecule has 1 saturated carbocycles. The Kier molecular flexibility index (Phi) is 6.49. The molecule has 0 radical (unpaired) electrons. The van der Waals surface area contributed by atoms with Crippen molar-refractivity contribution < 1.29 is 19.2 Å². The Morgan fingerprint density at radius 1 is 1.07 bits per heavy atom. The zero-order valence-electron chi connectivity index (χ0n) is 16.1. The number of methoxy groups -OCH3 is 2. The number of nitro groups is 1. The van der Waals surface area contributed by atoms with Gasteiger partial charge in [-0.05, 0) is 71.1 Å². The molecule has 29 heavy (non-hydrogen) atoms. The van der Waals surface area contributed by atoms with Crippen LogP contribution in [0.4, 0.5) is 5.69 Å². The van der Waals surface area contributed by atoms with Gasteiger partial charge >= 0.3 is 0 Å². The van der Waals surface area contributed by atoms with Crippen LogP contribution in [-0.2, 0) is 4.79 Å². The van der Waals surface area contributed by atoms with Gasteiger partial charge in [-0.25, -0.2) is 0 Å². The molecule has 0 N–H and O–H groups in total. The number of nitrogens with zero attached hydrogens (tertiary/aromatic N) is 1. The van der Waals surface area contributed by atoms with Crippen LogP contribution in [-0.4, -0.2) is 24.9 Å². The summed E-state index contributed by atoms with van der Waals surface area (Å²) < 4.78 is 11.4. The molecule has 0 spiro atoms. The maximum Gasteiger partial charge on any atom is 0.276 e. The van der Waals surface area contributed by atoms with E-state index in [0.29, 0.717) is 41.1 Å². The Bertz CT molecular complexity index is 1030. The van der Waals surface area contributed by atoms with Crippen molar-refractivity contribution in [3.05, 3.63) is 73.3 Å². The summed E-state index contributed by atoms with van der Waals surface area (Å²) in [5, 5.41) is 11.2. The highest BCUT2D eigenvalue weighted by molar-refractivity contribution is 9.10. The van der Waals surface area contributed by atoms with Gasteiger partial charge in [-0.15, -0.1) is 0 Å². The van der Waals surface area contributed by atoms with Crippen LogP contribution in [0.5, 0.6) is 11.5 Å². The van der Waals surface area contributed by atoms with Crippen molar-refractivity contribution in [2.75, 3.05) is 14.2 Å². The molecule has 0 heterocycles. The highest BCUT2D eigenvalue weighted by Crippen LogP contribution is 2.38. The molecule has 1 fully saturated rings. The summed E-state index contributed by atoms with van der Waals surface area (Å²) in [7, 11) is 3.12. The second-order valence-electron chi connectivity index (χ2n) is 6.58. The second-order valence-corrected chi connectivity index (χ2v) is 7.43. The molecule has 3 rings (SSSR count). The summed E-state index contributed by atoms with van der Waals surface area (Å²) in [6, 6.07) is 10.1. The number of hydrogen-bond acceptors (Lipinski definition) is 5. The topological polar surface area (TPSA) is 78.7 Å². The van der Waals surface area contributed by atoms with Gasteiger partial charge in [0.25, 0.3) is 5.69 Å². The van der Waals surface area contributed by atoms with Crippen LogP contribution in [0, 0.1) is 10.1 Å². The number of ketones is 1. The molecular formula is C22H20BrNO5. The van der Waals surface area contributed by atoms with E-state index in [-0.39, 0.29) is 11.5 Å². The Balaban J connectivity index is 1.97. The minimum absolute atomic E-state index is 0.00674. The number of nitro benzene ring substituents is 1. The molecule has 1 aliphatic carbocycles. The molecule has 2 aromatic carbocycles. The summed E-state index contributed by atoms with van der Waals surface area (Å²) in [6.45, 7) is 0. The summed E-state index contributed by atoms with van der Waals surface area (Å²) >= 11 is 3.46. The quantitative estimate of drug-likeness (QED) is 0.331. The Hall–Kier alpha value is -2.93. The minimum Gasteiger partial charge on any atom is -0.493 e. The van der Waals surface area contributed by atoms with Crippen molar-refractivity contribution in [3.8, 4) is 11.5 Å². The lowest BCUT2D eigenvalue weighted by Crippen LogP contribution is -2.12. The number of halogens is 1. The minimum atomic E-state index is -0.433. The molecule has 1 aliphatic rings. The SMILES string of the molecule is COc1cc(/C=C2\CCC/C(=C\c3ccccc3[N+](=O)[O-])C2=O)cc(Br)c1OC. The normalized spacial score (nSPS) is 16.9. The van der Waals surface area contributed by atoms with Crippen molar-refractivity contribution in [1.29, 1.82) is 0 Å². The smallest absolute Gasteiger partial charge is 0.276 e. The number of Topliss-reactive ketones (excluding diaryl/α,β-unsaturated/α-hetero) is 1. The van der Waals surface area contributed by atoms with E-state index in [1.54, 1.807) is 38.5 Å². The van der Waals surface area contributed by atoms with Gasteiger partial charge in [-0.3, -0.25) is 14.9 Å². The lowest BCUT2D eigenvalue weighted by molar-refractivity contribution is -0.385. The average molecular weight is 458 g/mol. The van der Waals surface area contributed by atoms with E-state index in [4.69, 9.17) is 9.47 Å². The fraction of sp³-hybridized carbons (Fsp3) is 0.227. The first-order valence-corrected chi connectivity index (χ1v) is 9.84. The molecule has 0 aromatic heterocycles. The predicted octanol–water partition coefficient (Wildman–Crippen LogP) is 5.59. The van der Waals surface area contributed by atoms with Crippen molar-refractivity contribution in [2.45, 2.75) is 19.3 Å².